The minimum Gasteiger partial charge on any atom is -0.396 e. The second-order valence-electron chi connectivity index (χ2n) is 5.69. The van der Waals surface area contributed by atoms with Crippen LogP contribution < -0.4 is 0 Å². The molecule has 0 amide bonds. The number of aliphatic hydroxyl groups excluding tert-OH is 1. The molecule has 2 atom stereocenters. The smallest absolute Gasteiger partial charge is 0.150 e. The van der Waals surface area contributed by atoms with E-state index in [1.807, 2.05) is 18.5 Å². The highest BCUT2D eigenvalue weighted by Crippen LogP contribution is 2.31. The van der Waals surface area contributed by atoms with E-state index in [0.29, 0.717) is 17.9 Å². The van der Waals surface area contributed by atoms with Crippen molar-refractivity contribution < 1.29 is 13.5 Å². The first-order valence-electron chi connectivity index (χ1n) is 7.47. The van der Waals surface area contributed by atoms with Gasteiger partial charge in [-0.05, 0) is 38.0 Å². The van der Waals surface area contributed by atoms with Crippen LogP contribution in [0.5, 0.6) is 0 Å². The SMILES string of the molecule is CCc1nn(CC)c(CC(CO)C2CCS(=O)(=O)C2)c1Cl. The highest BCUT2D eigenvalue weighted by atomic mass is 35.5. The summed E-state index contributed by atoms with van der Waals surface area (Å²) < 4.78 is 25.1. The molecule has 7 heteroatoms. The van der Waals surface area contributed by atoms with E-state index in [9.17, 15) is 13.5 Å². The highest BCUT2D eigenvalue weighted by molar-refractivity contribution is 7.91. The van der Waals surface area contributed by atoms with Gasteiger partial charge in [-0.15, -0.1) is 0 Å². The molecular weight excluding hydrogens is 312 g/mol. The predicted octanol–water partition coefficient (Wildman–Crippen LogP) is 1.70. The molecule has 1 fully saturated rings. The van der Waals surface area contributed by atoms with Gasteiger partial charge in [0.25, 0.3) is 0 Å². The molecule has 5 nitrogen and oxygen atoms in total. The first-order chi connectivity index (χ1) is 9.91. The van der Waals surface area contributed by atoms with Crippen LogP contribution in [0.25, 0.3) is 0 Å². The summed E-state index contributed by atoms with van der Waals surface area (Å²) in [7, 11) is -2.93. The lowest BCUT2D eigenvalue weighted by Crippen LogP contribution is -2.23. The number of hydrogen-bond acceptors (Lipinski definition) is 4. The Balaban J connectivity index is 2.21. The van der Waals surface area contributed by atoms with E-state index in [1.54, 1.807) is 0 Å². The zero-order valence-electron chi connectivity index (χ0n) is 12.5. The zero-order valence-corrected chi connectivity index (χ0v) is 14.1. The van der Waals surface area contributed by atoms with Gasteiger partial charge in [0, 0.05) is 13.2 Å². The number of rotatable bonds is 6. The van der Waals surface area contributed by atoms with Gasteiger partial charge in [0.15, 0.2) is 9.84 Å². The van der Waals surface area contributed by atoms with Crippen molar-refractivity contribution in [2.45, 2.75) is 39.7 Å². The number of halogens is 1. The highest BCUT2D eigenvalue weighted by Gasteiger charge is 2.34. The molecule has 2 heterocycles. The predicted molar refractivity (Wildman–Crippen MR) is 83.3 cm³/mol. The van der Waals surface area contributed by atoms with Crippen molar-refractivity contribution in [1.29, 1.82) is 0 Å². The molecule has 0 aromatic carbocycles. The lowest BCUT2D eigenvalue weighted by atomic mass is 9.88. The van der Waals surface area contributed by atoms with E-state index in [2.05, 4.69) is 5.10 Å². The van der Waals surface area contributed by atoms with Crippen LogP contribution in [-0.2, 0) is 29.2 Å². The van der Waals surface area contributed by atoms with Crippen LogP contribution in [0.15, 0.2) is 0 Å². The van der Waals surface area contributed by atoms with Gasteiger partial charge in [-0.3, -0.25) is 4.68 Å². The molecule has 0 saturated carbocycles. The minimum atomic E-state index is -2.93. The molecule has 1 aliphatic heterocycles. The Morgan fingerprint density at radius 3 is 2.67 bits per heavy atom. The second-order valence-corrected chi connectivity index (χ2v) is 8.29. The number of sulfone groups is 1. The molecule has 120 valence electrons. The molecule has 1 aromatic heterocycles. The van der Waals surface area contributed by atoms with Crippen LogP contribution in [0.2, 0.25) is 5.02 Å². The molecule has 0 radical (unpaired) electrons. The summed E-state index contributed by atoms with van der Waals surface area (Å²) in [5.74, 6) is 0.346. The van der Waals surface area contributed by atoms with Crippen LogP contribution >= 0.6 is 11.6 Å². The van der Waals surface area contributed by atoms with Gasteiger partial charge in [0.05, 0.1) is 27.9 Å². The summed E-state index contributed by atoms with van der Waals surface area (Å²) in [6.45, 7) is 4.70. The van der Waals surface area contributed by atoms with E-state index in [4.69, 9.17) is 11.6 Å². The van der Waals surface area contributed by atoms with Gasteiger partial charge in [-0.25, -0.2) is 8.42 Å². The van der Waals surface area contributed by atoms with Crippen molar-refractivity contribution in [2.75, 3.05) is 18.1 Å². The van der Waals surface area contributed by atoms with Crippen molar-refractivity contribution >= 4 is 21.4 Å². The topological polar surface area (TPSA) is 72.2 Å². The normalized spacial score (nSPS) is 22.6. The van der Waals surface area contributed by atoms with Crippen LogP contribution in [0.3, 0.4) is 0 Å². The average molecular weight is 335 g/mol. The average Bonchev–Trinajstić information content (AvgIpc) is 2.96. The van der Waals surface area contributed by atoms with Crippen molar-refractivity contribution in [2.24, 2.45) is 11.8 Å². The van der Waals surface area contributed by atoms with E-state index in [-0.39, 0.29) is 29.9 Å². The standard InChI is InChI=1S/C14H23ClN2O3S/c1-3-12-14(15)13(17(4-2)16-12)7-11(8-18)10-5-6-21(19,20)9-10/h10-11,18H,3-9H2,1-2H3. The van der Waals surface area contributed by atoms with Crippen LogP contribution in [0, 0.1) is 11.8 Å². The maximum absolute atomic E-state index is 11.6. The monoisotopic (exact) mass is 334 g/mol. The van der Waals surface area contributed by atoms with E-state index < -0.39 is 9.84 Å². The Labute approximate surface area is 131 Å². The summed E-state index contributed by atoms with van der Waals surface area (Å²) in [6.07, 6.45) is 1.98. The molecule has 0 aliphatic carbocycles. The fraction of sp³-hybridized carbons (Fsp3) is 0.786. The molecule has 0 spiro atoms. The summed E-state index contributed by atoms with van der Waals surface area (Å²) in [5, 5.41) is 14.8. The fourth-order valence-electron chi connectivity index (χ4n) is 3.04. The summed E-state index contributed by atoms with van der Waals surface area (Å²) in [4.78, 5) is 0. The number of nitrogens with zero attached hydrogens (tertiary/aromatic N) is 2. The minimum absolute atomic E-state index is 0.0151. The van der Waals surface area contributed by atoms with Crippen LogP contribution in [0.4, 0.5) is 0 Å². The molecule has 1 N–H and O–H groups in total. The van der Waals surface area contributed by atoms with Gasteiger partial charge >= 0.3 is 0 Å². The fourth-order valence-corrected chi connectivity index (χ4v) is 5.30. The Morgan fingerprint density at radius 1 is 1.48 bits per heavy atom. The third kappa shape index (κ3) is 3.60. The Kier molecular flexibility index (Phi) is 5.33. The van der Waals surface area contributed by atoms with Crippen LogP contribution in [-0.4, -0.2) is 41.4 Å². The largest absolute Gasteiger partial charge is 0.396 e. The lowest BCUT2D eigenvalue weighted by Gasteiger charge is -2.20. The number of aromatic nitrogens is 2. The number of hydrogen-bond donors (Lipinski definition) is 1. The Morgan fingerprint density at radius 2 is 2.19 bits per heavy atom. The molecule has 0 bridgehead atoms. The third-order valence-electron chi connectivity index (χ3n) is 4.32. The number of aliphatic hydroxyl groups is 1. The van der Waals surface area contributed by atoms with Gasteiger partial charge in [0.1, 0.15) is 0 Å². The first kappa shape index (κ1) is 16.8. The maximum Gasteiger partial charge on any atom is 0.150 e. The molecule has 2 rings (SSSR count). The molecule has 1 aliphatic rings. The zero-order chi connectivity index (χ0) is 15.6. The van der Waals surface area contributed by atoms with Crippen LogP contribution in [0.1, 0.15) is 31.7 Å². The molecular formula is C14H23ClN2O3S. The summed E-state index contributed by atoms with van der Waals surface area (Å²) in [6, 6.07) is 0. The van der Waals surface area contributed by atoms with Crippen molar-refractivity contribution in [1.82, 2.24) is 9.78 Å². The van der Waals surface area contributed by atoms with Crippen molar-refractivity contribution in [3.63, 3.8) is 0 Å². The maximum atomic E-state index is 11.6. The van der Waals surface area contributed by atoms with Gasteiger partial charge in [-0.1, -0.05) is 18.5 Å². The van der Waals surface area contributed by atoms with Gasteiger partial charge in [-0.2, -0.15) is 5.10 Å². The number of aryl methyl sites for hydroxylation is 2. The summed E-state index contributed by atoms with van der Waals surface area (Å²) >= 11 is 6.39. The summed E-state index contributed by atoms with van der Waals surface area (Å²) in [5.41, 5.74) is 1.78. The molecule has 1 aromatic rings. The molecule has 21 heavy (non-hydrogen) atoms. The molecule has 2 unspecified atom stereocenters. The second kappa shape index (κ2) is 6.67. The lowest BCUT2D eigenvalue weighted by molar-refractivity contribution is 0.182. The first-order valence-corrected chi connectivity index (χ1v) is 9.67. The third-order valence-corrected chi connectivity index (χ3v) is 6.55. The Bertz CT molecular complexity index is 598. The molecule has 1 saturated heterocycles. The Hall–Kier alpha value is -0.590. The van der Waals surface area contributed by atoms with Crippen molar-refractivity contribution in [3.05, 3.63) is 16.4 Å². The van der Waals surface area contributed by atoms with Gasteiger partial charge < -0.3 is 5.11 Å². The van der Waals surface area contributed by atoms with Gasteiger partial charge in [0.2, 0.25) is 0 Å². The quantitative estimate of drug-likeness (QED) is 0.859. The van der Waals surface area contributed by atoms with Crippen molar-refractivity contribution in [3.8, 4) is 0 Å². The van der Waals surface area contributed by atoms with E-state index >= 15 is 0 Å². The van der Waals surface area contributed by atoms with E-state index in [1.165, 1.54) is 0 Å². The van der Waals surface area contributed by atoms with E-state index in [0.717, 1.165) is 24.4 Å².